The van der Waals surface area contributed by atoms with Crippen molar-refractivity contribution in [1.82, 2.24) is 9.78 Å². The first-order valence-corrected chi connectivity index (χ1v) is 6.42. The van der Waals surface area contributed by atoms with Gasteiger partial charge in [0.2, 0.25) is 0 Å². The number of hydrogen-bond donors (Lipinski definition) is 1. The lowest BCUT2D eigenvalue weighted by Crippen LogP contribution is -2.01. The Hall–Kier alpha value is -1.82. The molecule has 0 fully saturated rings. The van der Waals surface area contributed by atoms with E-state index in [9.17, 15) is 4.79 Å². The van der Waals surface area contributed by atoms with Gasteiger partial charge < -0.3 is 9.84 Å². The quantitative estimate of drug-likeness (QED) is 0.938. The van der Waals surface area contributed by atoms with E-state index >= 15 is 0 Å². The molecule has 19 heavy (non-hydrogen) atoms. The molecule has 6 heteroatoms. The molecule has 0 spiro atoms. The zero-order valence-corrected chi connectivity index (χ0v) is 12.1. The molecule has 2 aromatic rings. The van der Waals surface area contributed by atoms with E-state index in [1.54, 1.807) is 18.7 Å². The largest absolute Gasteiger partial charge is 0.497 e. The number of aliphatic carboxylic acids is 1. The topological polar surface area (TPSA) is 64.4 Å². The summed E-state index contributed by atoms with van der Waals surface area (Å²) in [5, 5.41) is 13.3. The number of carboxylic acids is 1. The predicted molar refractivity (Wildman–Crippen MR) is 73.9 cm³/mol. The van der Waals surface area contributed by atoms with Gasteiger partial charge in [0, 0.05) is 11.6 Å². The van der Waals surface area contributed by atoms with Crippen molar-refractivity contribution in [2.45, 2.75) is 13.3 Å². The maximum Gasteiger partial charge on any atom is 0.307 e. The third-order valence-electron chi connectivity index (χ3n) is 2.75. The van der Waals surface area contributed by atoms with E-state index in [0.717, 1.165) is 11.4 Å². The first-order chi connectivity index (χ1) is 9.02. The summed E-state index contributed by atoms with van der Waals surface area (Å²) in [7, 11) is 1.60. The van der Waals surface area contributed by atoms with E-state index in [2.05, 4.69) is 21.0 Å². The molecular formula is C13H13BrN2O3. The molecular weight excluding hydrogens is 312 g/mol. The first-order valence-electron chi connectivity index (χ1n) is 5.63. The number of benzene rings is 1. The molecule has 5 nitrogen and oxygen atoms in total. The average Bonchev–Trinajstić information content (AvgIpc) is 2.66. The fourth-order valence-electron chi connectivity index (χ4n) is 1.80. The number of methoxy groups -OCH3 is 1. The van der Waals surface area contributed by atoms with Gasteiger partial charge in [-0.2, -0.15) is 5.10 Å². The van der Waals surface area contributed by atoms with Crippen LogP contribution in [0, 0.1) is 6.92 Å². The highest BCUT2D eigenvalue weighted by Gasteiger charge is 2.16. The van der Waals surface area contributed by atoms with Crippen molar-refractivity contribution in [2.75, 3.05) is 7.11 Å². The van der Waals surface area contributed by atoms with Gasteiger partial charge in [0.05, 0.1) is 24.9 Å². The van der Waals surface area contributed by atoms with Crippen molar-refractivity contribution in [3.05, 3.63) is 40.1 Å². The number of carboxylic acid groups (broad SMARTS) is 1. The molecule has 1 aromatic carbocycles. The van der Waals surface area contributed by atoms with E-state index in [0.29, 0.717) is 15.9 Å². The van der Waals surface area contributed by atoms with Crippen LogP contribution >= 0.6 is 15.9 Å². The molecule has 0 saturated carbocycles. The van der Waals surface area contributed by atoms with E-state index < -0.39 is 5.97 Å². The van der Waals surface area contributed by atoms with Crippen molar-refractivity contribution in [3.63, 3.8) is 0 Å². The summed E-state index contributed by atoms with van der Waals surface area (Å²) < 4.78 is 7.48. The lowest BCUT2D eigenvalue weighted by molar-refractivity contribution is -0.136. The molecule has 0 aliphatic carbocycles. The van der Waals surface area contributed by atoms with Crippen LogP contribution in [0.3, 0.4) is 0 Å². The summed E-state index contributed by atoms with van der Waals surface area (Å²) in [4.78, 5) is 10.8. The van der Waals surface area contributed by atoms with Crippen LogP contribution in [0.1, 0.15) is 11.3 Å². The minimum absolute atomic E-state index is 0.0591. The van der Waals surface area contributed by atoms with Crippen LogP contribution in [0.4, 0.5) is 0 Å². The Bertz CT molecular complexity index is 622. The lowest BCUT2D eigenvalue weighted by atomic mass is 10.2. The van der Waals surface area contributed by atoms with Crippen molar-refractivity contribution in [2.24, 2.45) is 0 Å². The third-order valence-corrected chi connectivity index (χ3v) is 3.56. The molecule has 100 valence electrons. The van der Waals surface area contributed by atoms with Gasteiger partial charge in [0.1, 0.15) is 10.4 Å². The summed E-state index contributed by atoms with van der Waals surface area (Å²) in [6, 6.07) is 7.41. The van der Waals surface area contributed by atoms with E-state index in [4.69, 9.17) is 9.84 Å². The number of rotatable bonds is 4. The number of aryl methyl sites for hydroxylation is 1. The number of aromatic nitrogens is 2. The lowest BCUT2D eigenvalue weighted by Gasteiger charge is -2.06. The van der Waals surface area contributed by atoms with E-state index in [1.807, 2.05) is 24.3 Å². The maximum atomic E-state index is 10.8. The van der Waals surface area contributed by atoms with Crippen LogP contribution in [0.5, 0.6) is 5.75 Å². The van der Waals surface area contributed by atoms with Gasteiger partial charge in [-0.25, -0.2) is 4.68 Å². The molecule has 0 radical (unpaired) electrons. The van der Waals surface area contributed by atoms with Gasteiger partial charge in [-0.3, -0.25) is 4.79 Å². The number of carbonyl (C=O) groups is 1. The highest BCUT2D eigenvalue weighted by Crippen LogP contribution is 2.26. The molecule has 1 heterocycles. The zero-order valence-electron chi connectivity index (χ0n) is 10.6. The molecule has 0 aliphatic heterocycles. The number of ether oxygens (including phenoxy) is 1. The second-order valence-corrected chi connectivity index (χ2v) is 4.79. The van der Waals surface area contributed by atoms with Crippen LogP contribution in [0.15, 0.2) is 28.9 Å². The number of hydrogen-bond acceptors (Lipinski definition) is 3. The minimum Gasteiger partial charge on any atom is -0.497 e. The van der Waals surface area contributed by atoms with Gasteiger partial charge >= 0.3 is 5.97 Å². The summed E-state index contributed by atoms with van der Waals surface area (Å²) in [5.74, 6) is -0.161. The molecule has 0 unspecified atom stereocenters. The van der Waals surface area contributed by atoms with E-state index in [1.165, 1.54) is 0 Å². The zero-order chi connectivity index (χ0) is 14.0. The van der Waals surface area contributed by atoms with Gasteiger partial charge in [-0.15, -0.1) is 0 Å². The molecule has 2 rings (SSSR count). The Morgan fingerprint density at radius 3 is 2.89 bits per heavy atom. The van der Waals surface area contributed by atoms with Gasteiger partial charge in [-0.05, 0) is 35.0 Å². The van der Waals surface area contributed by atoms with Gasteiger partial charge in [0.15, 0.2) is 0 Å². The van der Waals surface area contributed by atoms with Gasteiger partial charge in [0.25, 0.3) is 0 Å². The molecule has 1 aromatic heterocycles. The third kappa shape index (κ3) is 2.78. The average molecular weight is 325 g/mol. The Balaban J connectivity index is 2.48. The van der Waals surface area contributed by atoms with Crippen molar-refractivity contribution in [1.29, 1.82) is 0 Å². The second-order valence-electron chi connectivity index (χ2n) is 4.04. The van der Waals surface area contributed by atoms with Crippen LogP contribution in [0.2, 0.25) is 0 Å². The Morgan fingerprint density at radius 2 is 2.26 bits per heavy atom. The highest BCUT2D eigenvalue weighted by atomic mass is 79.9. The second kappa shape index (κ2) is 5.44. The summed E-state index contributed by atoms with van der Waals surface area (Å²) in [6.45, 7) is 1.79. The fraction of sp³-hybridized carbons (Fsp3) is 0.231. The minimum atomic E-state index is -0.881. The molecule has 0 atom stereocenters. The van der Waals surface area contributed by atoms with Gasteiger partial charge in [-0.1, -0.05) is 6.07 Å². The maximum absolute atomic E-state index is 10.8. The summed E-state index contributed by atoms with van der Waals surface area (Å²) in [6.07, 6.45) is -0.0591. The summed E-state index contributed by atoms with van der Waals surface area (Å²) >= 11 is 3.41. The normalized spacial score (nSPS) is 10.5. The highest BCUT2D eigenvalue weighted by molar-refractivity contribution is 9.10. The van der Waals surface area contributed by atoms with Crippen molar-refractivity contribution < 1.29 is 14.6 Å². The van der Waals surface area contributed by atoms with Crippen LogP contribution in [-0.2, 0) is 11.2 Å². The Labute approximate surface area is 118 Å². The molecule has 0 aliphatic rings. The fourth-order valence-corrected chi connectivity index (χ4v) is 2.51. The Kier molecular flexibility index (Phi) is 3.90. The SMILES string of the molecule is COc1cccc(-n2nc(C)c(CC(=O)O)c2Br)c1. The first kappa shape index (κ1) is 13.6. The molecule has 0 bridgehead atoms. The number of nitrogens with zero attached hydrogens (tertiary/aromatic N) is 2. The van der Waals surface area contributed by atoms with E-state index in [-0.39, 0.29) is 6.42 Å². The number of halogens is 1. The standard InChI is InChI=1S/C13H13BrN2O3/c1-8-11(7-12(17)18)13(14)16(15-8)9-4-3-5-10(6-9)19-2/h3-6H,7H2,1-2H3,(H,17,18). The van der Waals surface area contributed by atoms with Crippen LogP contribution < -0.4 is 4.74 Å². The van der Waals surface area contributed by atoms with Crippen LogP contribution in [-0.4, -0.2) is 28.0 Å². The molecule has 1 N–H and O–H groups in total. The molecule has 0 amide bonds. The van der Waals surface area contributed by atoms with Crippen molar-refractivity contribution in [3.8, 4) is 11.4 Å². The summed E-state index contributed by atoms with van der Waals surface area (Å²) in [5.41, 5.74) is 2.18. The smallest absolute Gasteiger partial charge is 0.307 e. The Morgan fingerprint density at radius 1 is 1.53 bits per heavy atom. The van der Waals surface area contributed by atoms with Crippen LogP contribution in [0.25, 0.3) is 5.69 Å². The molecule has 0 saturated heterocycles. The monoisotopic (exact) mass is 324 g/mol. The predicted octanol–water partition coefficient (Wildman–Crippen LogP) is 2.58. The van der Waals surface area contributed by atoms with Crippen molar-refractivity contribution >= 4 is 21.9 Å².